The number of nitrogens with one attached hydrogen (secondary N) is 1. The van der Waals surface area contributed by atoms with Crippen molar-refractivity contribution < 1.29 is 13.2 Å². The second-order valence-electron chi connectivity index (χ2n) is 8.92. The summed E-state index contributed by atoms with van der Waals surface area (Å²) in [5, 5.41) is 3.17. The van der Waals surface area contributed by atoms with Crippen LogP contribution in [-0.2, 0) is 14.8 Å². The number of rotatable bonds is 6. The van der Waals surface area contributed by atoms with E-state index in [1.165, 1.54) is 0 Å². The van der Waals surface area contributed by atoms with Gasteiger partial charge in [-0.25, -0.2) is 8.42 Å². The number of amides is 1. The maximum absolute atomic E-state index is 13.0. The van der Waals surface area contributed by atoms with Gasteiger partial charge >= 0.3 is 0 Å². The van der Waals surface area contributed by atoms with Gasteiger partial charge in [0.15, 0.2) is 0 Å². The molecule has 0 spiro atoms. The molecule has 7 nitrogen and oxygen atoms in total. The molecule has 2 aliphatic heterocycles. The van der Waals surface area contributed by atoms with Crippen molar-refractivity contribution in [1.29, 1.82) is 0 Å². The van der Waals surface area contributed by atoms with Crippen LogP contribution in [0, 0.1) is 13.8 Å². The first kappa shape index (κ1) is 23.2. The van der Waals surface area contributed by atoms with Crippen LogP contribution in [0.15, 0.2) is 23.1 Å². The normalized spacial score (nSPS) is 20.6. The lowest BCUT2D eigenvalue weighted by Crippen LogP contribution is -2.53. The molecule has 0 atom stereocenters. The zero-order chi connectivity index (χ0) is 21.9. The van der Waals surface area contributed by atoms with Crippen LogP contribution in [0.3, 0.4) is 0 Å². The van der Waals surface area contributed by atoms with Crippen LogP contribution in [0.25, 0.3) is 0 Å². The minimum absolute atomic E-state index is 0.0451. The molecule has 1 aromatic carbocycles. The Balaban J connectivity index is 1.47. The molecule has 0 saturated carbocycles. The Kier molecular flexibility index (Phi) is 7.55. The molecule has 168 valence electrons. The van der Waals surface area contributed by atoms with E-state index < -0.39 is 10.0 Å². The van der Waals surface area contributed by atoms with Gasteiger partial charge in [-0.3, -0.25) is 9.69 Å². The third-order valence-corrected chi connectivity index (χ3v) is 8.33. The summed E-state index contributed by atoms with van der Waals surface area (Å²) in [5.74, 6) is 0.0451. The molecule has 0 aromatic heterocycles. The Morgan fingerprint density at radius 2 is 1.70 bits per heavy atom. The van der Waals surface area contributed by atoms with Crippen LogP contribution in [0.2, 0.25) is 0 Å². The minimum atomic E-state index is -3.49. The van der Waals surface area contributed by atoms with Gasteiger partial charge in [0, 0.05) is 51.4 Å². The highest BCUT2D eigenvalue weighted by atomic mass is 32.2. The fraction of sp³-hybridized carbons (Fsp3) is 0.682. The van der Waals surface area contributed by atoms with Gasteiger partial charge in [0.25, 0.3) is 0 Å². The van der Waals surface area contributed by atoms with Gasteiger partial charge < -0.3 is 10.2 Å². The Hall–Kier alpha value is -1.48. The summed E-state index contributed by atoms with van der Waals surface area (Å²) in [6, 6.07) is 6.24. The number of hydrogen-bond donors (Lipinski definition) is 1. The van der Waals surface area contributed by atoms with E-state index in [0.717, 1.165) is 37.1 Å². The number of benzene rings is 1. The smallest absolute Gasteiger partial charge is 0.243 e. The number of piperidine rings is 1. The molecular formula is C22H36N4O3S. The number of carbonyl (C=O) groups is 1. The monoisotopic (exact) mass is 436 g/mol. The molecular weight excluding hydrogens is 400 g/mol. The number of sulfonamides is 1. The van der Waals surface area contributed by atoms with Crippen LogP contribution < -0.4 is 5.32 Å². The van der Waals surface area contributed by atoms with E-state index in [-0.39, 0.29) is 11.9 Å². The quantitative estimate of drug-likeness (QED) is 0.733. The minimum Gasteiger partial charge on any atom is -0.352 e. The van der Waals surface area contributed by atoms with Crippen molar-refractivity contribution in [3.05, 3.63) is 29.3 Å². The first-order valence-corrected chi connectivity index (χ1v) is 12.4. The van der Waals surface area contributed by atoms with Gasteiger partial charge in [-0.15, -0.1) is 0 Å². The Bertz CT molecular complexity index is 840. The van der Waals surface area contributed by atoms with Gasteiger partial charge in [0.1, 0.15) is 0 Å². The number of nitrogens with zero attached hydrogens (tertiary/aromatic N) is 3. The molecule has 0 bridgehead atoms. The molecule has 1 aromatic rings. The standard InChI is InChI=1S/C22H36N4O3S/c1-17(2)25-9-7-20(8-10-25)23-22(27)16-24-11-13-26(14-12-24)30(28,29)21-6-5-18(3)15-19(21)4/h5-6,15,17,20H,7-14,16H2,1-4H3,(H,23,27). The third kappa shape index (κ3) is 5.60. The average Bonchev–Trinajstić information content (AvgIpc) is 2.68. The number of carbonyl (C=O) groups excluding carboxylic acids is 1. The summed E-state index contributed by atoms with van der Waals surface area (Å²) >= 11 is 0. The highest BCUT2D eigenvalue weighted by molar-refractivity contribution is 7.89. The summed E-state index contributed by atoms with van der Waals surface area (Å²) in [5.41, 5.74) is 1.83. The van der Waals surface area contributed by atoms with E-state index in [1.807, 2.05) is 30.9 Å². The lowest BCUT2D eigenvalue weighted by molar-refractivity contribution is -0.123. The second kappa shape index (κ2) is 9.77. The number of piperazine rings is 1. The number of aryl methyl sites for hydroxylation is 2. The second-order valence-corrected chi connectivity index (χ2v) is 10.8. The first-order chi connectivity index (χ1) is 14.2. The van der Waals surface area contributed by atoms with Gasteiger partial charge in [-0.05, 0) is 52.2 Å². The molecule has 2 saturated heterocycles. The third-order valence-electron chi connectivity index (χ3n) is 6.27. The van der Waals surface area contributed by atoms with E-state index in [1.54, 1.807) is 10.4 Å². The SMILES string of the molecule is Cc1ccc(S(=O)(=O)N2CCN(CC(=O)NC3CCN(C(C)C)CC3)CC2)c(C)c1. The average molecular weight is 437 g/mol. The van der Waals surface area contributed by atoms with Crippen LogP contribution in [0.4, 0.5) is 0 Å². The van der Waals surface area contributed by atoms with Crippen molar-refractivity contribution in [3.8, 4) is 0 Å². The molecule has 0 unspecified atom stereocenters. The summed E-state index contributed by atoms with van der Waals surface area (Å²) in [7, 11) is -3.49. The lowest BCUT2D eigenvalue weighted by atomic mass is 10.0. The zero-order valence-corrected chi connectivity index (χ0v) is 19.5. The van der Waals surface area contributed by atoms with Crippen LogP contribution in [0.5, 0.6) is 0 Å². The van der Waals surface area contributed by atoms with Gasteiger partial charge in [0.2, 0.25) is 15.9 Å². The van der Waals surface area contributed by atoms with Crippen molar-refractivity contribution >= 4 is 15.9 Å². The largest absolute Gasteiger partial charge is 0.352 e. The molecule has 30 heavy (non-hydrogen) atoms. The maximum Gasteiger partial charge on any atom is 0.243 e. The molecule has 8 heteroatoms. The summed E-state index contributed by atoms with van der Waals surface area (Å²) in [4.78, 5) is 17.3. The lowest BCUT2D eigenvalue weighted by Gasteiger charge is -2.36. The summed E-state index contributed by atoms with van der Waals surface area (Å²) in [6.45, 7) is 12.6. The van der Waals surface area contributed by atoms with Gasteiger partial charge in [-0.2, -0.15) is 4.31 Å². The predicted molar refractivity (Wildman–Crippen MR) is 119 cm³/mol. The van der Waals surface area contributed by atoms with Crippen molar-refractivity contribution in [2.45, 2.75) is 57.5 Å². The van der Waals surface area contributed by atoms with E-state index >= 15 is 0 Å². The van der Waals surface area contributed by atoms with Crippen LogP contribution >= 0.6 is 0 Å². The predicted octanol–water partition coefficient (Wildman–Crippen LogP) is 1.60. The van der Waals surface area contributed by atoms with Gasteiger partial charge in [0.05, 0.1) is 11.4 Å². The highest BCUT2D eigenvalue weighted by Gasteiger charge is 2.30. The van der Waals surface area contributed by atoms with E-state index in [0.29, 0.717) is 43.7 Å². The topological polar surface area (TPSA) is 73.0 Å². The van der Waals surface area contributed by atoms with Crippen molar-refractivity contribution in [2.24, 2.45) is 0 Å². The van der Waals surface area contributed by atoms with Crippen LogP contribution in [0.1, 0.15) is 37.8 Å². The van der Waals surface area contributed by atoms with Gasteiger partial charge in [-0.1, -0.05) is 17.7 Å². The van der Waals surface area contributed by atoms with E-state index in [2.05, 4.69) is 24.1 Å². The molecule has 0 radical (unpaired) electrons. The Morgan fingerprint density at radius 1 is 1.07 bits per heavy atom. The Labute approximate surface area is 181 Å². The number of hydrogen-bond acceptors (Lipinski definition) is 5. The highest BCUT2D eigenvalue weighted by Crippen LogP contribution is 2.22. The molecule has 2 aliphatic rings. The summed E-state index contributed by atoms with van der Waals surface area (Å²) < 4.78 is 27.6. The Morgan fingerprint density at radius 3 is 2.27 bits per heavy atom. The molecule has 2 heterocycles. The van der Waals surface area contributed by atoms with Crippen molar-refractivity contribution in [2.75, 3.05) is 45.8 Å². The molecule has 1 amide bonds. The zero-order valence-electron chi connectivity index (χ0n) is 18.7. The maximum atomic E-state index is 13.0. The molecule has 3 rings (SSSR count). The van der Waals surface area contributed by atoms with Crippen molar-refractivity contribution in [3.63, 3.8) is 0 Å². The molecule has 2 fully saturated rings. The van der Waals surface area contributed by atoms with Crippen LogP contribution in [-0.4, -0.2) is 86.3 Å². The first-order valence-electron chi connectivity index (χ1n) is 11.0. The molecule has 1 N–H and O–H groups in total. The fourth-order valence-electron chi connectivity index (χ4n) is 4.39. The number of likely N-dealkylation sites (tertiary alicyclic amines) is 1. The summed E-state index contributed by atoms with van der Waals surface area (Å²) in [6.07, 6.45) is 1.98. The molecule has 0 aliphatic carbocycles. The van der Waals surface area contributed by atoms with E-state index in [9.17, 15) is 13.2 Å². The van der Waals surface area contributed by atoms with Crippen molar-refractivity contribution in [1.82, 2.24) is 19.4 Å². The fourth-order valence-corrected chi connectivity index (χ4v) is 6.02. The van der Waals surface area contributed by atoms with E-state index in [4.69, 9.17) is 0 Å².